The van der Waals surface area contributed by atoms with Crippen LogP contribution >= 0.6 is 0 Å². The third kappa shape index (κ3) is 1.61. The van der Waals surface area contributed by atoms with E-state index in [0.717, 1.165) is 0 Å². The van der Waals surface area contributed by atoms with Crippen molar-refractivity contribution < 1.29 is 9.90 Å². The number of carboxylic acid groups (broad SMARTS) is 1. The van der Waals surface area contributed by atoms with Crippen molar-refractivity contribution in [1.29, 1.82) is 0 Å². The number of rotatable bonds is 2. The van der Waals surface area contributed by atoms with Crippen molar-refractivity contribution in [3.63, 3.8) is 0 Å². The van der Waals surface area contributed by atoms with Gasteiger partial charge in [0.2, 0.25) is 0 Å². The predicted molar refractivity (Wildman–Crippen MR) is 48.1 cm³/mol. The van der Waals surface area contributed by atoms with Crippen molar-refractivity contribution in [1.82, 2.24) is 4.57 Å². The number of aromatic nitrogens is 1. The molecule has 0 aromatic carbocycles. The van der Waals surface area contributed by atoms with Gasteiger partial charge in [-0.15, -0.1) is 0 Å². The van der Waals surface area contributed by atoms with Gasteiger partial charge in [-0.2, -0.15) is 0 Å². The van der Waals surface area contributed by atoms with E-state index in [2.05, 4.69) is 0 Å². The lowest BCUT2D eigenvalue weighted by atomic mass is 10.2. The van der Waals surface area contributed by atoms with Crippen LogP contribution in [-0.4, -0.2) is 15.6 Å². The molecule has 0 fully saturated rings. The topological polar surface area (TPSA) is 59.3 Å². The molecule has 1 N–H and O–H groups in total. The monoisotopic (exact) mass is 181 g/mol. The normalized spacial score (nSPS) is 10.0. The molecule has 1 heterocycles. The number of hydrogen-bond donors (Lipinski definition) is 1. The summed E-state index contributed by atoms with van der Waals surface area (Å²) in [5.41, 5.74) is 0.522. The summed E-state index contributed by atoms with van der Waals surface area (Å²) in [7, 11) is 0. The van der Waals surface area contributed by atoms with Crippen LogP contribution in [0.4, 0.5) is 0 Å². The molecule has 4 heteroatoms. The molecular weight excluding hydrogens is 170 g/mol. The van der Waals surface area contributed by atoms with E-state index in [-0.39, 0.29) is 11.1 Å². The van der Waals surface area contributed by atoms with Gasteiger partial charge in [0.25, 0.3) is 5.56 Å². The fourth-order valence-corrected chi connectivity index (χ4v) is 1.29. The highest BCUT2D eigenvalue weighted by atomic mass is 16.4. The van der Waals surface area contributed by atoms with E-state index >= 15 is 0 Å². The summed E-state index contributed by atoms with van der Waals surface area (Å²) in [6.45, 7) is 3.93. The standard InChI is InChI=1S/C9H11NO3/c1-3-10-6(2)7(9(12)13)4-5-8(10)11/h4-5H,3H2,1-2H3,(H,12,13). The van der Waals surface area contributed by atoms with E-state index in [1.807, 2.05) is 0 Å². The molecule has 0 bridgehead atoms. The smallest absolute Gasteiger partial charge is 0.337 e. The second-order valence-corrected chi connectivity index (χ2v) is 2.72. The molecule has 0 amide bonds. The number of pyridine rings is 1. The Bertz CT molecular complexity index is 392. The van der Waals surface area contributed by atoms with Crippen molar-refractivity contribution in [2.75, 3.05) is 0 Å². The van der Waals surface area contributed by atoms with E-state index in [4.69, 9.17) is 5.11 Å². The molecule has 1 aromatic rings. The second-order valence-electron chi connectivity index (χ2n) is 2.72. The first kappa shape index (κ1) is 9.51. The number of carbonyl (C=O) groups is 1. The van der Waals surface area contributed by atoms with Crippen LogP contribution in [0.25, 0.3) is 0 Å². The van der Waals surface area contributed by atoms with Crippen LogP contribution in [0.15, 0.2) is 16.9 Å². The van der Waals surface area contributed by atoms with Gasteiger partial charge in [-0.1, -0.05) is 0 Å². The highest BCUT2D eigenvalue weighted by molar-refractivity contribution is 5.88. The van der Waals surface area contributed by atoms with E-state index in [1.54, 1.807) is 13.8 Å². The Morgan fingerprint density at radius 3 is 2.62 bits per heavy atom. The molecule has 4 nitrogen and oxygen atoms in total. The lowest BCUT2D eigenvalue weighted by Gasteiger charge is -2.08. The van der Waals surface area contributed by atoms with E-state index in [0.29, 0.717) is 12.2 Å². The van der Waals surface area contributed by atoms with Gasteiger partial charge in [0.15, 0.2) is 0 Å². The van der Waals surface area contributed by atoms with Gasteiger partial charge >= 0.3 is 5.97 Å². The van der Waals surface area contributed by atoms with Crippen LogP contribution in [0.3, 0.4) is 0 Å². The average Bonchev–Trinajstić information content (AvgIpc) is 2.04. The Balaban J connectivity index is 3.45. The first-order valence-electron chi connectivity index (χ1n) is 4.01. The van der Waals surface area contributed by atoms with Crippen molar-refractivity contribution in [2.45, 2.75) is 20.4 Å². The van der Waals surface area contributed by atoms with E-state index < -0.39 is 5.97 Å². The Labute approximate surface area is 75.4 Å². The van der Waals surface area contributed by atoms with E-state index in [9.17, 15) is 9.59 Å². The van der Waals surface area contributed by atoms with Crippen molar-refractivity contribution >= 4 is 5.97 Å². The zero-order valence-corrected chi connectivity index (χ0v) is 7.57. The van der Waals surface area contributed by atoms with Crippen molar-refractivity contribution in [3.05, 3.63) is 33.7 Å². The van der Waals surface area contributed by atoms with Crippen molar-refractivity contribution in [3.8, 4) is 0 Å². The Morgan fingerprint density at radius 1 is 1.54 bits per heavy atom. The van der Waals surface area contributed by atoms with Gasteiger partial charge < -0.3 is 9.67 Å². The van der Waals surface area contributed by atoms with Gasteiger partial charge in [0, 0.05) is 18.3 Å². The fraction of sp³-hybridized carbons (Fsp3) is 0.333. The van der Waals surface area contributed by atoms with Gasteiger partial charge in [0.05, 0.1) is 5.56 Å². The highest BCUT2D eigenvalue weighted by Gasteiger charge is 2.09. The summed E-state index contributed by atoms with van der Waals surface area (Å²) in [5.74, 6) is -1.00. The zero-order chi connectivity index (χ0) is 10.0. The van der Waals surface area contributed by atoms with Crippen LogP contribution in [0.1, 0.15) is 23.0 Å². The molecule has 70 valence electrons. The van der Waals surface area contributed by atoms with Crippen LogP contribution in [0.2, 0.25) is 0 Å². The third-order valence-electron chi connectivity index (χ3n) is 2.00. The predicted octanol–water partition coefficient (Wildman–Crippen LogP) is 0.875. The molecule has 0 saturated heterocycles. The lowest BCUT2D eigenvalue weighted by molar-refractivity contribution is 0.0695. The molecule has 0 radical (unpaired) electrons. The maximum atomic E-state index is 11.2. The molecule has 0 atom stereocenters. The molecule has 0 spiro atoms. The maximum absolute atomic E-state index is 11.2. The quantitative estimate of drug-likeness (QED) is 0.736. The Kier molecular flexibility index (Phi) is 2.51. The second kappa shape index (κ2) is 3.43. The third-order valence-corrected chi connectivity index (χ3v) is 2.00. The molecule has 0 aliphatic rings. The molecule has 0 aliphatic heterocycles. The maximum Gasteiger partial charge on any atom is 0.337 e. The number of carboxylic acids is 1. The largest absolute Gasteiger partial charge is 0.478 e. The molecule has 0 saturated carbocycles. The molecule has 1 aromatic heterocycles. The summed E-state index contributed by atoms with van der Waals surface area (Å²) in [4.78, 5) is 21.9. The van der Waals surface area contributed by atoms with E-state index in [1.165, 1.54) is 16.7 Å². The first-order valence-corrected chi connectivity index (χ1v) is 4.01. The minimum Gasteiger partial charge on any atom is -0.478 e. The van der Waals surface area contributed by atoms with Gasteiger partial charge in [-0.3, -0.25) is 4.79 Å². The summed E-state index contributed by atoms with van der Waals surface area (Å²) in [5, 5.41) is 8.76. The molecule has 13 heavy (non-hydrogen) atoms. The summed E-state index contributed by atoms with van der Waals surface area (Å²) in [6.07, 6.45) is 0. The Morgan fingerprint density at radius 2 is 2.15 bits per heavy atom. The molecule has 0 aliphatic carbocycles. The Hall–Kier alpha value is -1.58. The van der Waals surface area contributed by atoms with Gasteiger partial charge in [-0.25, -0.2) is 4.79 Å². The number of hydrogen-bond acceptors (Lipinski definition) is 2. The summed E-state index contributed by atoms with van der Waals surface area (Å²) >= 11 is 0. The van der Waals surface area contributed by atoms with Crippen LogP contribution in [-0.2, 0) is 6.54 Å². The number of nitrogens with zero attached hydrogens (tertiary/aromatic N) is 1. The lowest BCUT2D eigenvalue weighted by Crippen LogP contribution is -2.22. The highest BCUT2D eigenvalue weighted by Crippen LogP contribution is 2.04. The fourth-order valence-electron chi connectivity index (χ4n) is 1.29. The molecule has 0 unspecified atom stereocenters. The number of aromatic carboxylic acids is 1. The molecule has 1 rings (SSSR count). The van der Waals surface area contributed by atoms with Gasteiger partial charge in [-0.05, 0) is 19.9 Å². The minimum atomic E-state index is -1.00. The molecular formula is C9H11NO3. The first-order chi connectivity index (χ1) is 6.07. The van der Waals surface area contributed by atoms with Crippen LogP contribution < -0.4 is 5.56 Å². The summed E-state index contributed by atoms with van der Waals surface area (Å²) < 4.78 is 1.43. The zero-order valence-electron chi connectivity index (χ0n) is 7.57. The SMILES string of the molecule is CCn1c(C)c(C(=O)O)ccc1=O. The average molecular weight is 181 g/mol. The van der Waals surface area contributed by atoms with Gasteiger partial charge in [0.1, 0.15) is 0 Å². The van der Waals surface area contributed by atoms with Crippen LogP contribution in [0, 0.1) is 6.92 Å². The van der Waals surface area contributed by atoms with Crippen LogP contribution in [0.5, 0.6) is 0 Å². The summed E-state index contributed by atoms with van der Waals surface area (Å²) in [6, 6.07) is 2.62. The van der Waals surface area contributed by atoms with Crippen molar-refractivity contribution in [2.24, 2.45) is 0 Å². The minimum absolute atomic E-state index is 0.162.